The first-order chi connectivity index (χ1) is 5.57. The molecule has 72 valence electrons. The number of hydrogen-bond acceptors (Lipinski definition) is 6. The zero-order valence-corrected chi connectivity index (χ0v) is 6.37. The number of hydrogen-bond donors (Lipinski definition) is 5. The fraction of sp³-hybridized carbons (Fsp3) is 1.00. The number of ether oxygens (including phenoxy) is 1. The number of aliphatic hydroxyl groups is 4. The van der Waals surface area contributed by atoms with E-state index in [2.05, 4.69) is 0 Å². The van der Waals surface area contributed by atoms with E-state index in [1.54, 1.807) is 0 Å². The van der Waals surface area contributed by atoms with Crippen molar-refractivity contribution < 1.29 is 25.2 Å². The smallest absolute Gasteiger partial charge is 0.184 e. The Morgan fingerprint density at radius 3 is 2.08 bits per heavy atom. The van der Waals surface area contributed by atoms with Gasteiger partial charge in [-0.3, -0.25) is 0 Å². The van der Waals surface area contributed by atoms with E-state index in [4.69, 9.17) is 25.8 Å². The highest BCUT2D eigenvalue weighted by atomic mass is 16.6. The Bertz CT molecular complexity index is 150. The average molecular weight is 179 g/mol. The van der Waals surface area contributed by atoms with E-state index in [0.29, 0.717) is 0 Å². The molecule has 1 unspecified atom stereocenters. The van der Waals surface area contributed by atoms with Gasteiger partial charge in [0.1, 0.15) is 24.4 Å². The molecule has 0 bridgehead atoms. The Labute approximate surface area is 69.2 Å². The lowest BCUT2D eigenvalue weighted by Crippen LogP contribution is -2.59. The maximum absolute atomic E-state index is 9.20. The fourth-order valence-corrected chi connectivity index (χ4v) is 1.13. The largest absolute Gasteiger partial charge is 0.388 e. The van der Waals surface area contributed by atoms with Crippen LogP contribution < -0.4 is 5.73 Å². The van der Waals surface area contributed by atoms with E-state index in [1.165, 1.54) is 0 Å². The molecule has 0 radical (unpaired) electrons. The van der Waals surface area contributed by atoms with E-state index in [9.17, 15) is 5.11 Å². The first kappa shape index (κ1) is 9.85. The van der Waals surface area contributed by atoms with Crippen LogP contribution in [0.25, 0.3) is 0 Å². The van der Waals surface area contributed by atoms with Crippen LogP contribution in [-0.2, 0) is 4.74 Å². The van der Waals surface area contributed by atoms with Crippen LogP contribution in [0.2, 0.25) is 0 Å². The van der Waals surface area contributed by atoms with Crippen molar-refractivity contribution in [2.45, 2.75) is 30.7 Å². The van der Waals surface area contributed by atoms with Crippen LogP contribution in [0.1, 0.15) is 0 Å². The minimum Gasteiger partial charge on any atom is -0.388 e. The molecule has 1 fully saturated rings. The summed E-state index contributed by atoms with van der Waals surface area (Å²) >= 11 is 0. The Kier molecular flexibility index (Phi) is 2.99. The molecule has 6 N–H and O–H groups in total. The Balaban J connectivity index is 2.63. The molecule has 0 aromatic carbocycles. The molecule has 1 rings (SSSR count). The molecule has 1 aliphatic heterocycles. The second kappa shape index (κ2) is 3.65. The quantitative estimate of drug-likeness (QED) is 0.288. The van der Waals surface area contributed by atoms with Crippen LogP contribution in [-0.4, -0.2) is 57.7 Å². The van der Waals surface area contributed by atoms with Crippen molar-refractivity contribution in [3.05, 3.63) is 0 Å². The Morgan fingerprint density at radius 2 is 1.58 bits per heavy atom. The predicted molar refractivity (Wildman–Crippen MR) is 38.0 cm³/mol. The molecule has 1 saturated heterocycles. The minimum absolute atomic E-state index is 0.0258. The van der Waals surface area contributed by atoms with Gasteiger partial charge >= 0.3 is 0 Å². The zero-order valence-electron chi connectivity index (χ0n) is 6.37. The van der Waals surface area contributed by atoms with Gasteiger partial charge in [0.15, 0.2) is 6.29 Å². The summed E-state index contributed by atoms with van der Waals surface area (Å²) in [5.74, 6) is 0. The first-order valence-corrected chi connectivity index (χ1v) is 3.65. The standard InChI is InChI=1S/C6H13NO5/c7-1-2-3(8)4(9)5(10)6(11)12-2/h2-6,8-11H,1,7H2/t2-,3-,4?,5-,6+/m1/s1. The van der Waals surface area contributed by atoms with Gasteiger partial charge in [0.25, 0.3) is 0 Å². The highest BCUT2D eigenvalue weighted by molar-refractivity contribution is 4.88. The summed E-state index contributed by atoms with van der Waals surface area (Å²) in [4.78, 5) is 0. The second-order valence-corrected chi connectivity index (χ2v) is 2.77. The molecule has 1 heterocycles. The van der Waals surface area contributed by atoms with Crippen molar-refractivity contribution >= 4 is 0 Å². The van der Waals surface area contributed by atoms with Gasteiger partial charge in [-0.1, -0.05) is 0 Å². The molecule has 6 heteroatoms. The van der Waals surface area contributed by atoms with Crippen LogP contribution in [0.15, 0.2) is 0 Å². The lowest BCUT2D eigenvalue weighted by molar-refractivity contribution is -0.279. The fourth-order valence-electron chi connectivity index (χ4n) is 1.13. The lowest BCUT2D eigenvalue weighted by Gasteiger charge is -2.37. The molecule has 0 aliphatic carbocycles. The minimum atomic E-state index is -1.49. The molecular formula is C6H13NO5. The average Bonchev–Trinajstić information content (AvgIpc) is 2.08. The van der Waals surface area contributed by atoms with Crippen LogP contribution in [0.5, 0.6) is 0 Å². The predicted octanol–water partition coefficient (Wildman–Crippen LogP) is -3.25. The second-order valence-electron chi connectivity index (χ2n) is 2.77. The Hall–Kier alpha value is -0.240. The van der Waals surface area contributed by atoms with Crippen LogP contribution in [0.4, 0.5) is 0 Å². The summed E-state index contributed by atoms with van der Waals surface area (Å²) in [5, 5.41) is 36.3. The van der Waals surface area contributed by atoms with E-state index in [1.807, 2.05) is 0 Å². The lowest BCUT2D eigenvalue weighted by atomic mass is 9.99. The molecule has 0 aromatic rings. The van der Waals surface area contributed by atoms with Crippen LogP contribution in [0, 0.1) is 0 Å². The molecule has 1 aliphatic rings. The summed E-state index contributed by atoms with van der Waals surface area (Å²) in [5.41, 5.74) is 5.17. The van der Waals surface area contributed by atoms with Crippen molar-refractivity contribution in [1.82, 2.24) is 0 Å². The first-order valence-electron chi connectivity index (χ1n) is 3.65. The molecule has 5 atom stereocenters. The summed E-state index contributed by atoms with van der Waals surface area (Å²) < 4.78 is 4.70. The van der Waals surface area contributed by atoms with Gasteiger partial charge in [-0.05, 0) is 0 Å². The van der Waals surface area contributed by atoms with E-state index < -0.39 is 30.7 Å². The summed E-state index contributed by atoms with van der Waals surface area (Å²) in [6, 6.07) is 0. The maximum atomic E-state index is 9.20. The molecule has 0 aromatic heterocycles. The van der Waals surface area contributed by atoms with Gasteiger partial charge in [0.05, 0.1) is 0 Å². The van der Waals surface area contributed by atoms with Crippen molar-refractivity contribution in [1.29, 1.82) is 0 Å². The van der Waals surface area contributed by atoms with Gasteiger partial charge in [-0.25, -0.2) is 0 Å². The van der Waals surface area contributed by atoms with Crippen molar-refractivity contribution in [2.75, 3.05) is 6.54 Å². The van der Waals surface area contributed by atoms with Crippen molar-refractivity contribution in [3.8, 4) is 0 Å². The summed E-state index contributed by atoms with van der Waals surface area (Å²) in [6.45, 7) is -0.0258. The van der Waals surface area contributed by atoms with Crippen molar-refractivity contribution in [2.24, 2.45) is 5.73 Å². The van der Waals surface area contributed by atoms with Crippen molar-refractivity contribution in [3.63, 3.8) is 0 Å². The van der Waals surface area contributed by atoms with E-state index in [-0.39, 0.29) is 6.54 Å². The number of nitrogens with two attached hydrogens (primary N) is 1. The molecular weight excluding hydrogens is 166 g/mol. The SMILES string of the molecule is NC[C@H]1O[C@H](O)[C@H](O)C(O)[C@@H]1O. The van der Waals surface area contributed by atoms with Crippen LogP contribution in [0.3, 0.4) is 0 Å². The zero-order chi connectivity index (χ0) is 9.30. The van der Waals surface area contributed by atoms with E-state index >= 15 is 0 Å². The van der Waals surface area contributed by atoms with E-state index in [0.717, 1.165) is 0 Å². The molecule has 0 spiro atoms. The molecule has 0 saturated carbocycles. The van der Waals surface area contributed by atoms with Crippen LogP contribution >= 0.6 is 0 Å². The third kappa shape index (κ3) is 1.58. The number of aliphatic hydroxyl groups excluding tert-OH is 4. The molecule has 0 amide bonds. The molecule has 6 nitrogen and oxygen atoms in total. The summed E-state index contributed by atoms with van der Waals surface area (Å²) in [6.07, 6.45) is -6.48. The van der Waals surface area contributed by atoms with Gasteiger partial charge in [-0.15, -0.1) is 0 Å². The monoisotopic (exact) mass is 179 g/mol. The topological polar surface area (TPSA) is 116 Å². The maximum Gasteiger partial charge on any atom is 0.184 e. The van der Waals surface area contributed by atoms with Gasteiger partial charge in [0, 0.05) is 6.54 Å². The van der Waals surface area contributed by atoms with Gasteiger partial charge in [0.2, 0.25) is 0 Å². The van der Waals surface area contributed by atoms with Gasteiger partial charge in [-0.2, -0.15) is 0 Å². The van der Waals surface area contributed by atoms with Gasteiger partial charge < -0.3 is 30.9 Å². The summed E-state index contributed by atoms with van der Waals surface area (Å²) in [7, 11) is 0. The number of rotatable bonds is 1. The third-order valence-corrected chi connectivity index (χ3v) is 1.92. The Morgan fingerprint density at radius 1 is 1.00 bits per heavy atom. The molecule has 12 heavy (non-hydrogen) atoms. The highest BCUT2D eigenvalue weighted by Crippen LogP contribution is 2.18. The highest BCUT2D eigenvalue weighted by Gasteiger charge is 2.42. The third-order valence-electron chi connectivity index (χ3n) is 1.92. The normalized spacial score (nSPS) is 49.2.